The first-order valence-electron chi connectivity index (χ1n) is 10.9. The average Bonchev–Trinajstić information content (AvgIpc) is 3.45. The van der Waals surface area contributed by atoms with Crippen LogP contribution in [0.5, 0.6) is 5.75 Å². The molecule has 1 aromatic heterocycles. The number of rotatable bonds is 7. The molecule has 3 aromatic rings. The van der Waals surface area contributed by atoms with Crippen LogP contribution < -0.4 is 9.54 Å². The molecule has 1 aliphatic rings. The van der Waals surface area contributed by atoms with Gasteiger partial charge in [0.1, 0.15) is 18.3 Å². The zero-order valence-electron chi connectivity index (χ0n) is 19.1. The third-order valence-electron chi connectivity index (χ3n) is 5.60. The van der Waals surface area contributed by atoms with E-state index in [2.05, 4.69) is 20.9 Å². The van der Waals surface area contributed by atoms with Gasteiger partial charge in [0.05, 0.1) is 28.8 Å². The van der Waals surface area contributed by atoms with Gasteiger partial charge in [0.25, 0.3) is 5.91 Å². The number of hydrogen-bond donors (Lipinski definition) is 0. The summed E-state index contributed by atoms with van der Waals surface area (Å²) in [6.45, 7) is 2.07. The summed E-state index contributed by atoms with van der Waals surface area (Å²) in [5, 5.41) is 0. The highest BCUT2D eigenvalue weighted by atomic mass is 79.9. The summed E-state index contributed by atoms with van der Waals surface area (Å²) >= 11 is 4.68. The van der Waals surface area contributed by atoms with Gasteiger partial charge in [-0.2, -0.15) is 9.30 Å². The predicted octanol–water partition coefficient (Wildman–Crippen LogP) is 3.32. The molecular weight excluding hydrogens is 558 g/mol. The number of carbonyl (C=O) groups is 2. The second-order valence-electron chi connectivity index (χ2n) is 7.79. The number of aromatic nitrogens is 1. The summed E-state index contributed by atoms with van der Waals surface area (Å²) in [4.78, 5) is 30.2. The fourth-order valence-corrected chi connectivity index (χ4v) is 7.18. The van der Waals surface area contributed by atoms with Crippen LogP contribution >= 0.6 is 27.3 Å². The van der Waals surface area contributed by atoms with Crippen molar-refractivity contribution in [3.63, 3.8) is 0 Å². The van der Waals surface area contributed by atoms with E-state index in [-0.39, 0.29) is 24.6 Å². The maximum atomic E-state index is 13.3. The molecule has 0 bridgehead atoms. The maximum Gasteiger partial charge on any atom is 0.326 e. The molecule has 1 atom stereocenters. The highest BCUT2D eigenvalue weighted by Gasteiger charge is 2.39. The van der Waals surface area contributed by atoms with Crippen LogP contribution in [0.2, 0.25) is 0 Å². The Morgan fingerprint density at radius 2 is 1.94 bits per heavy atom. The van der Waals surface area contributed by atoms with Crippen LogP contribution in [-0.4, -0.2) is 55.5 Å². The first kappa shape index (κ1) is 25.5. The molecule has 1 aliphatic heterocycles. The summed E-state index contributed by atoms with van der Waals surface area (Å²) in [6, 6.07) is 10.7. The Bertz CT molecular complexity index is 1430. The minimum atomic E-state index is -3.90. The highest BCUT2D eigenvalue weighted by Crippen LogP contribution is 2.28. The van der Waals surface area contributed by atoms with Crippen LogP contribution in [0.25, 0.3) is 10.2 Å². The molecule has 0 aliphatic carbocycles. The molecule has 1 saturated heterocycles. The van der Waals surface area contributed by atoms with E-state index >= 15 is 0 Å². The number of sulfonamides is 1. The number of carbonyl (C=O) groups excluding carboxylic acids is 2. The minimum absolute atomic E-state index is 0.0853. The van der Waals surface area contributed by atoms with E-state index in [1.54, 1.807) is 23.6 Å². The standard InChI is InChI=1S/C23H24BrN3O6S2/c1-3-33-21(28)14-26-18-11-6-15(24)13-20(18)34-23(26)25-22(29)19-5-4-12-27(19)35(30,31)17-9-7-16(32-2)8-10-17/h6-11,13,19H,3-5,12,14H2,1-2H3. The van der Waals surface area contributed by atoms with Gasteiger partial charge in [-0.1, -0.05) is 27.3 Å². The molecule has 2 aromatic carbocycles. The maximum absolute atomic E-state index is 13.3. The van der Waals surface area contributed by atoms with Crippen molar-refractivity contribution in [2.75, 3.05) is 20.3 Å². The number of benzene rings is 2. The fraction of sp³-hybridized carbons (Fsp3) is 0.348. The lowest BCUT2D eigenvalue weighted by Gasteiger charge is -2.21. The van der Waals surface area contributed by atoms with E-state index in [0.717, 1.165) is 14.7 Å². The average molecular weight is 582 g/mol. The predicted molar refractivity (Wildman–Crippen MR) is 135 cm³/mol. The minimum Gasteiger partial charge on any atom is -0.497 e. The number of esters is 1. The van der Waals surface area contributed by atoms with E-state index < -0.39 is 27.9 Å². The lowest BCUT2D eigenvalue weighted by Crippen LogP contribution is -2.40. The van der Waals surface area contributed by atoms with E-state index in [4.69, 9.17) is 9.47 Å². The van der Waals surface area contributed by atoms with Crippen molar-refractivity contribution in [1.82, 2.24) is 8.87 Å². The Kier molecular flexibility index (Phi) is 7.74. The zero-order valence-corrected chi connectivity index (χ0v) is 22.4. The number of methoxy groups -OCH3 is 1. The molecule has 0 radical (unpaired) electrons. The van der Waals surface area contributed by atoms with Crippen molar-refractivity contribution < 1.29 is 27.5 Å². The third-order valence-corrected chi connectivity index (χ3v) is 9.05. The first-order valence-corrected chi connectivity index (χ1v) is 14.0. The van der Waals surface area contributed by atoms with Gasteiger partial charge < -0.3 is 14.0 Å². The largest absolute Gasteiger partial charge is 0.497 e. The molecule has 35 heavy (non-hydrogen) atoms. The topological polar surface area (TPSA) is 107 Å². The Morgan fingerprint density at radius 1 is 1.20 bits per heavy atom. The molecule has 2 heterocycles. The lowest BCUT2D eigenvalue weighted by molar-refractivity contribution is -0.143. The van der Waals surface area contributed by atoms with Crippen LogP contribution in [0.4, 0.5) is 0 Å². The molecule has 12 heteroatoms. The Labute approximate surface area is 215 Å². The molecule has 1 unspecified atom stereocenters. The Morgan fingerprint density at radius 3 is 2.63 bits per heavy atom. The normalized spacial score (nSPS) is 17.1. The Balaban J connectivity index is 1.70. The first-order chi connectivity index (χ1) is 16.7. The molecule has 0 spiro atoms. The molecule has 1 amide bonds. The molecule has 1 fully saturated rings. The Hall–Kier alpha value is -2.54. The molecule has 4 rings (SSSR count). The number of thiazole rings is 1. The number of fused-ring (bicyclic) bond motifs is 1. The SMILES string of the molecule is CCOC(=O)Cn1c(=NC(=O)C2CCCN2S(=O)(=O)c2ccc(OC)cc2)sc2cc(Br)ccc21. The number of halogens is 1. The summed E-state index contributed by atoms with van der Waals surface area (Å²) in [5.41, 5.74) is 0.729. The molecule has 9 nitrogen and oxygen atoms in total. The van der Waals surface area contributed by atoms with Gasteiger partial charge >= 0.3 is 5.97 Å². The molecule has 0 N–H and O–H groups in total. The van der Waals surface area contributed by atoms with E-state index in [9.17, 15) is 18.0 Å². The summed E-state index contributed by atoms with van der Waals surface area (Å²) < 4.78 is 41.3. The van der Waals surface area contributed by atoms with Crippen molar-refractivity contribution in [1.29, 1.82) is 0 Å². The van der Waals surface area contributed by atoms with Crippen molar-refractivity contribution in [3.8, 4) is 5.75 Å². The summed E-state index contributed by atoms with van der Waals surface area (Å²) in [6.07, 6.45) is 0.912. The molecular formula is C23H24BrN3O6S2. The zero-order chi connectivity index (χ0) is 25.2. The fourth-order valence-electron chi connectivity index (χ4n) is 3.95. The lowest BCUT2D eigenvalue weighted by atomic mass is 10.2. The van der Waals surface area contributed by atoms with Gasteiger partial charge in [-0.25, -0.2) is 8.42 Å². The van der Waals surface area contributed by atoms with Crippen molar-refractivity contribution >= 4 is 59.4 Å². The van der Waals surface area contributed by atoms with Crippen LogP contribution in [0, 0.1) is 0 Å². The second kappa shape index (κ2) is 10.6. The van der Waals surface area contributed by atoms with E-state index in [1.165, 1.54) is 34.9 Å². The van der Waals surface area contributed by atoms with Gasteiger partial charge in [0, 0.05) is 11.0 Å². The number of ether oxygens (including phenoxy) is 2. The van der Waals surface area contributed by atoms with Gasteiger partial charge in [0.15, 0.2) is 4.80 Å². The van der Waals surface area contributed by atoms with Crippen molar-refractivity contribution in [2.45, 2.75) is 37.2 Å². The van der Waals surface area contributed by atoms with Crippen LogP contribution in [0.15, 0.2) is 56.8 Å². The van der Waals surface area contributed by atoms with Crippen LogP contribution in [-0.2, 0) is 30.9 Å². The number of nitrogens with zero attached hydrogens (tertiary/aromatic N) is 3. The van der Waals surface area contributed by atoms with Crippen molar-refractivity contribution in [3.05, 3.63) is 51.7 Å². The van der Waals surface area contributed by atoms with Gasteiger partial charge in [-0.15, -0.1) is 0 Å². The van der Waals surface area contributed by atoms with Crippen LogP contribution in [0.3, 0.4) is 0 Å². The van der Waals surface area contributed by atoms with Gasteiger partial charge in [0.2, 0.25) is 10.0 Å². The number of hydrogen-bond acceptors (Lipinski definition) is 7. The highest BCUT2D eigenvalue weighted by molar-refractivity contribution is 9.10. The van der Waals surface area contributed by atoms with Crippen LogP contribution in [0.1, 0.15) is 19.8 Å². The third kappa shape index (κ3) is 5.35. The van der Waals surface area contributed by atoms with Gasteiger partial charge in [-0.3, -0.25) is 9.59 Å². The molecule has 186 valence electrons. The number of amides is 1. The quantitative estimate of drug-likeness (QED) is 0.396. The monoisotopic (exact) mass is 581 g/mol. The molecule has 0 saturated carbocycles. The second-order valence-corrected chi connectivity index (χ2v) is 11.6. The van der Waals surface area contributed by atoms with Gasteiger partial charge in [-0.05, 0) is 62.2 Å². The summed E-state index contributed by atoms with van der Waals surface area (Å²) in [5.74, 6) is -0.480. The van der Waals surface area contributed by atoms with E-state index in [1.807, 2.05) is 18.2 Å². The smallest absolute Gasteiger partial charge is 0.326 e. The summed E-state index contributed by atoms with van der Waals surface area (Å²) in [7, 11) is -2.40. The van der Waals surface area contributed by atoms with E-state index in [0.29, 0.717) is 23.4 Å². The van der Waals surface area contributed by atoms with Crippen molar-refractivity contribution in [2.24, 2.45) is 4.99 Å².